The van der Waals surface area contributed by atoms with Crippen molar-refractivity contribution < 1.29 is 24.5 Å². The van der Waals surface area contributed by atoms with Gasteiger partial charge in [-0.1, -0.05) is 220 Å². The third-order valence-electron chi connectivity index (χ3n) is 10.6. The predicted molar refractivity (Wildman–Crippen MR) is 222 cm³/mol. The van der Waals surface area contributed by atoms with Crippen LogP contribution in [0.1, 0.15) is 239 Å². The normalized spacial score (nSPS) is 13.2. The Balaban J connectivity index is 4.34. The van der Waals surface area contributed by atoms with Gasteiger partial charge in [0.2, 0.25) is 11.8 Å². The van der Waals surface area contributed by atoms with E-state index in [1.54, 1.807) is 0 Å². The molecule has 0 heterocycles. The molecule has 52 heavy (non-hydrogen) atoms. The number of ether oxygens (including phenoxy) is 1. The molecule has 0 saturated carbocycles. The molecule has 0 spiro atoms. The number of carbonyl (C=O) groups excluding carboxylic acids is 2. The first-order valence-corrected chi connectivity index (χ1v) is 23.0. The topological polar surface area (TPSA) is 108 Å². The second kappa shape index (κ2) is 41.0. The predicted octanol–water partition coefficient (Wildman–Crippen LogP) is 11.6. The number of aliphatic hydroxyl groups excluding tert-OH is 2. The molecular formula is C45H90N2O5. The fourth-order valence-corrected chi connectivity index (χ4v) is 6.96. The van der Waals surface area contributed by atoms with E-state index in [9.17, 15) is 19.8 Å². The summed E-state index contributed by atoms with van der Waals surface area (Å²) in [5.74, 6) is -0.746. The van der Waals surface area contributed by atoms with E-state index in [0.29, 0.717) is 19.4 Å². The van der Waals surface area contributed by atoms with Gasteiger partial charge < -0.3 is 25.6 Å². The van der Waals surface area contributed by atoms with Crippen LogP contribution < -0.4 is 10.6 Å². The van der Waals surface area contributed by atoms with Gasteiger partial charge in [-0.25, -0.2) is 0 Å². The summed E-state index contributed by atoms with van der Waals surface area (Å²) >= 11 is 0. The van der Waals surface area contributed by atoms with Crippen LogP contribution in [0.3, 0.4) is 0 Å². The molecule has 0 bridgehead atoms. The molecule has 2 atom stereocenters. The third-order valence-corrected chi connectivity index (χ3v) is 10.6. The molecule has 0 aliphatic carbocycles. The number of amides is 2. The van der Waals surface area contributed by atoms with E-state index >= 15 is 0 Å². The van der Waals surface area contributed by atoms with Crippen molar-refractivity contribution in [2.45, 2.75) is 257 Å². The molecular weight excluding hydrogens is 649 g/mol. The highest BCUT2D eigenvalue weighted by molar-refractivity contribution is 5.81. The fraction of sp³-hybridized carbons (Fsp3) is 0.956. The molecule has 0 radical (unpaired) electrons. The van der Waals surface area contributed by atoms with Gasteiger partial charge in [0.25, 0.3) is 0 Å². The van der Waals surface area contributed by atoms with Crippen LogP contribution >= 0.6 is 0 Å². The van der Waals surface area contributed by atoms with Crippen LogP contribution in [0, 0.1) is 0 Å². The number of unbranched alkanes of at least 4 members (excludes halogenated alkanes) is 29. The number of hydrogen-bond acceptors (Lipinski definition) is 5. The van der Waals surface area contributed by atoms with Gasteiger partial charge in [0.15, 0.2) is 0 Å². The minimum atomic E-state index is -1.02. The van der Waals surface area contributed by atoms with Crippen molar-refractivity contribution in [3.05, 3.63) is 0 Å². The molecule has 0 aromatic heterocycles. The van der Waals surface area contributed by atoms with Crippen molar-refractivity contribution in [1.29, 1.82) is 0 Å². The summed E-state index contributed by atoms with van der Waals surface area (Å²) in [5, 5.41) is 26.7. The highest BCUT2D eigenvalue weighted by Crippen LogP contribution is 2.15. The van der Waals surface area contributed by atoms with Crippen LogP contribution in [-0.2, 0) is 14.3 Å². The highest BCUT2D eigenvalue weighted by Gasteiger charge is 2.20. The molecule has 7 heteroatoms. The van der Waals surface area contributed by atoms with Gasteiger partial charge in [-0.15, -0.1) is 0 Å². The van der Waals surface area contributed by atoms with Gasteiger partial charge in [0.05, 0.1) is 6.10 Å². The maximum Gasteiger partial charge on any atom is 0.248 e. The Labute approximate surface area is 323 Å². The molecule has 0 aromatic rings. The van der Waals surface area contributed by atoms with Crippen LogP contribution in [-0.4, -0.2) is 60.0 Å². The van der Waals surface area contributed by atoms with Crippen LogP contribution in [0.2, 0.25) is 0 Å². The average Bonchev–Trinajstić information content (AvgIpc) is 3.15. The zero-order valence-electron chi connectivity index (χ0n) is 35.0. The van der Waals surface area contributed by atoms with Gasteiger partial charge in [-0.05, 0) is 19.3 Å². The number of hydrogen-bond donors (Lipinski definition) is 4. The number of aliphatic hydroxyl groups is 2. The Bertz CT molecular complexity index is 701. The highest BCUT2D eigenvalue weighted by atomic mass is 16.5. The lowest BCUT2D eigenvalue weighted by Gasteiger charge is -2.21. The second-order valence-electron chi connectivity index (χ2n) is 15.8. The SMILES string of the molecule is CCCCCCCCCCCCCCC(O)C(=O)NCC(CNC(=O)C(O)CCCCCCCCCCCCCC)OCCCCCCCCCC. The maximum absolute atomic E-state index is 12.7. The molecule has 0 saturated heterocycles. The quantitative estimate of drug-likeness (QED) is 0.0466. The van der Waals surface area contributed by atoms with E-state index < -0.39 is 18.3 Å². The van der Waals surface area contributed by atoms with Gasteiger partial charge in [0, 0.05) is 19.7 Å². The molecule has 7 nitrogen and oxygen atoms in total. The molecule has 0 aliphatic rings. The minimum Gasteiger partial charge on any atom is -0.383 e. The van der Waals surface area contributed by atoms with Crippen molar-refractivity contribution in [3.63, 3.8) is 0 Å². The summed E-state index contributed by atoms with van der Waals surface area (Å²) in [6, 6.07) is 0. The Kier molecular flexibility index (Phi) is 40.1. The van der Waals surface area contributed by atoms with Gasteiger partial charge >= 0.3 is 0 Å². The first-order valence-electron chi connectivity index (χ1n) is 23.0. The summed E-state index contributed by atoms with van der Waals surface area (Å²) in [7, 11) is 0. The fourth-order valence-electron chi connectivity index (χ4n) is 6.96. The lowest BCUT2D eigenvalue weighted by molar-refractivity contribution is -0.131. The molecule has 2 unspecified atom stereocenters. The Hall–Kier alpha value is -1.18. The van der Waals surface area contributed by atoms with Crippen molar-refractivity contribution in [2.75, 3.05) is 19.7 Å². The van der Waals surface area contributed by atoms with Crippen molar-refractivity contribution in [2.24, 2.45) is 0 Å². The standard InChI is InChI=1S/C45H90N2O5/c1-4-7-10-13-16-19-21-23-25-27-30-33-36-42(48)44(50)46-39-41(52-38-35-32-29-18-15-12-9-6-3)40-47-45(51)43(49)37-34-31-28-26-24-22-20-17-14-11-8-5-2/h41-43,48-49H,4-40H2,1-3H3,(H,46,50)(H,47,51). The van der Waals surface area contributed by atoms with Crippen LogP contribution in [0.5, 0.6) is 0 Å². The first kappa shape index (κ1) is 50.8. The monoisotopic (exact) mass is 739 g/mol. The lowest BCUT2D eigenvalue weighted by atomic mass is 10.0. The van der Waals surface area contributed by atoms with Crippen molar-refractivity contribution >= 4 is 11.8 Å². The van der Waals surface area contributed by atoms with E-state index in [1.165, 1.54) is 154 Å². The maximum atomic E-state index is 12.7. The molecule has 0 aliphatic heterocycles. The summed E-state index contributed by atoms with van der Waals surface area (Å²) < 4.78 is 6.11. The van der Waals surface area contributed by atoms with E-state index in [-0.39, 0.29) is 24.9 Å². The molecule has 310 valence electrons. The Morgan fingerprint density at radius 3 is 0.942 bits per heavy atom. The van der Waals surface area contributed by atoms with E-state index in [1.807, 2.05) is 0 Å². The summed E-state index contributed by atoms with van der Waals surface area (Å²) in [6.45, 7) is 7.76. The molecule has 0 aromatic carbocycles. The van der Waals surface area contributed by atoms with Crippen molar-refractivity contribution in [3.8, 4) is 0 Å². The first-order chi connectivity index (χ1) is 25.5. The Morgan fingerprint density at radius 1 is 0.404 bits per heavy atom. The average molecular weight is 739 g/mol. The second-order valence-corrected chi connectivity index (χ2v) is 15.8. The number of carbonyl (C=O) groups is 2. The van der Waals surface area contributed by atoms with E-state index in [4.69, 9.17) is 4.74 Å². The molecule has 0 rings (SSSR count). The number of nitrogens with one attached hydrogen (secondary N) is 2. The summed E-state index contributed by atoms with van der Waals surface area (Å²) in [5.41, 5.74) is 0. The van der Waals surface area contributed by atoms with Crippen LogP contribution in [0.15, 0.2) is 0 Å². The minimum absolute atomic E-state index is 0.223. The smallest absolute Gasteiger partial charge is 0.248 e. The van der Waals surface area contributed by atoms with Gasteiger partial charge in [0.1, 0.15) is 12.2 Å². The zero-order valence-corrected chi connectivity index (χ0v) is 35.0. The summed E-state index contributed by atoms with van der Waals surface area (Å²) in [4.78, 5) is 25.4. The van der Waals surface area contributed by atoms with Crippen molar-refractivity contribution in [1.82, 2.24) is 10.6 Å². The largest absolute Gasteiger partial charge is 0.383 e. The third kappa shape index (κ3) is 35.8. The van der Waals surface area contributed by atoms with Crippen LogP contribution in [0.25, 0.3) is 0 Å². The van der Waals surface area contributed by atoms with Crippen LogP contribution in [0.4, 0.5) is 0 Å². The van der Waals surface area contributed by atoms with Gasteiger partial charge in [-0.3, -0.25) is 9.59 Å². The summed E-state index contributed by atoms with van der Waals surface area (Å²) in [6.07, 6.45) is 38.1. The zero-order chi connectivity index (χ0) is 38.2. The lowest BCUT2D eigenvalue weighted by Crippen LogP contribution is -2.46. The Morgan fingerprint density at radius 2 is 0.654 bits per heavy atom. The van der Waals surface area contributed by atoms with E-state index in [2.05, 4.69) is 31.4 Å². The molecule has 4 N–H and O–H groups in total. The number of rotatable bonds is 42. The molecule has 0 fully saturated rings. The molecule has 2 amide bonds. The van der Waals surface area contributed by atoms with Gasteiger partial charge in [-0.2, -0.15) is 0 Å². The van der Waals surface area contributed by atoms with E-state index in [0.717, 1.165) is 51.4 Å².